The lowest BCUT2D eigenvalue weighted by Crippen LogP contribution is -2.19. The predicted molar refractivity (Wildman–Crippen MR) is 68.7 cm³/mol. The van der Waals surface area contributed by atoms with Gasteiger partial charge in [-0.05, 0) is 24.6 Å². The third-order valence-corrected chi connectivity index (χ3v) is 2.96. The first-order valence-corrected chi connectivity index (χ1v) is 6.31. The fraction of sp³-hybridized carbons (Fsp3) is 0.500. The molecule has 1 atom stereocenters. The average molecular weight is 246 g/mol. The zero-order chi connectivity index (χ0) is 12.8. The Morgan fingerprint density at radius 3 is 2.89 bits per heavy atom. The Morgan fingerprint density at radius 2 is 2.11 bits per heavy atom. The second kappa shape index (κ2) is 6.27. The van der Waals surface area contributed by atoms with Gasteiger partial charge in [-0.15, -0.1) is 0 Å². The summed E-state index contributed by atoms with van der Waals surface area (Å²) in [5.41, 5.74) is 1.15. The van der Waals surface area contributed by atoms with Gasteiger partial charge in [0.15, 0.2) is 11.5 Å². The topological polar surface area (TPSA) is 54.3 Å². The normalized spacial score (nSPS) is 15.6. The molecule has 0 saturated heterocycles. The van der Waals surface area contributed by atoms with Crippen molar-refractivity contribution in [1.82, 2.24) is 5.32 Å². The molecular weight excluding hydrogens is 228 g/mol. The molecule has 1 heterocycles. The largest absolute Gasteiger partial charge is 0.490 e. The molecule has 1 aromatic carbocycles. The molecule has 18 heavy (non-hydrogen) atoms. The van der Waals surface area contributed by atoms with Gasteiger partial charge in [-0.3, -0.25) is 0 Å². The SMILES string of the molecule is CC(NCCC#N)c1ccc2c(c1)OCCCO2. The molecule has 96 valence electrons. The van der Waals surface area contributed by atoms with Gasteiger partial charge in [-0.2, -0.15) is 5.26 Å². The van der Waals surface area contributed by atoms with Gasteiger partial charge in [-0.1, -0.05) is 6.07 Å². The lowest BCUT2D eigenvalue weighted by atomic mass is 10.1. The number of hydrogen-bond acceptors (Lipinski definition) is 4. The van der Waals surface area contributed by atoms with Gasteiger partial charge in [0.2, 0.25) is 0 Å². The highest BCUT2D eigenvalue weighted by Crippen LogP contribution is 2.32. The van der Waals surface area contributed by atoms with Crippen LogP contribution in [0.5, 0.6) is 11.5 Å². The molecule has 0 radical (unpaired) electrons. The smallest absolute Gasteiger partial charge is 0.161 e. The number of fused-ring (bicyclic) bond motifs is 1. The lowest BCUT2D eigenvalue weighted by molar-refractivity contribution is 0.297. The van der Waals surface area contributed by atoms with Crippen molar-refractivity contribution in [3.63, 3.8) is 0 Å². The van der Waals surface area contributed by atoms with Gasteiger partial charge in [0.05, 0.1) is 19.3 Å². The van der Waals surface area contributed by atoms with Crippen LogP contribution in [-0.2, 0) is 0 Å². The molecule has 0 saturated carbocycles. The number of ether oxygens (including phenoxy) is 2. The molecule has 0 aliphatic carbocycles. The van der Waals surface area contributed by atoms with Gasteiger partial charge in [0.25, 0.3) is 0 Å². The Labute approximate surface area is 108 Å². The molecule has 4 heteroatoms. The molecule has 1 aromatic rings. The summed E-state index contributed by atoms with van der Waals surface area (Å²) in [5, 5.41) is 11.8. The van der Waals surface area contributed by atoms with E-state index in [2.05, 4.69) is 18.3 Å². The standard InChI is InChI=1S/C14H18N2O2/c1-11(16-7-2-6-15)12-4-5-13-14(10-12)18-9-3-8-17-13/h4-5,10-11,16H,2-3,7-9H2,1H3. The minimum Gasteiger partial charge on any atom is -0.490 e. The van der Waals surface area contributed by atoms with E-state index < -0.39 is 0 Å². The third kappa shape index (κ3) is 3.14. The van der Waals surface area contributed by atoms with Crippen molar-refractivity contribution in [2.24, 2.45) is 0 Å². The van der Waals surface area contributed by atoms with Crippen LogP contribution in [0.2, 0.25) is 0 Å². The van der Waals surface area contributed by atoms with E-state index >= 15 is 0 Å². The van der Waals surface area contributed by atoms with Crippen molar-refractivity contribution in [3.8, 4) is 17.6 Å². The van der Waals surface area contributed by atoms with Crippen LogP contribution in [0.1, 0.15) is 31.4 Å². The molecule has 0 bridgehead atoms. The highest BCUT2D eigenvalue weighted by atomic mass is 16.5. The van der Waals surface area contributed by atoms with Crippen LogP contribution in [0.15, 0.2) is 18.2 Å². The molecule has 0 amide bonds. The zero-order valence-corrected chi connectivity index (χ0v) is 10.6. The molecule has 1 aliphatic rings. The van der Waals surface area contributed by atoms with Crippen LogP contribution in [-0.4, -0.2) is 19.8 Å². The van der Waals surface area contributed by atoms with E-state index in [9.17, 15) is 0 Å². The first-order chi connectivity index (χ1) is 8.81. The Bertz CT molecular complexity index is 440. The van der Waals surface area contributed by atoms with E-state index in [1.54, 1.807) is 0 Å². The Balaban J connectivity index is 2.05. The fourth-order valence-electron chi connectivity index (χ4n) is 1.91. The third-order valence-electron chi connectivity index (χ3n) is 2.96. The van der Waals surface area contributed by atoms with Crippen LogP contribution in [0.3, 0.4) is 0 Å². The maximum atomic E-state index is 8.51. The average Bonchev–Trinajstić information content (AvgIpc) is 2.63. The quantitative estimate of drug-likeness (QED) is 0.829. The summed E-state index contributed by atoms with van der Waals surface area (Å²) in [6.45, 7) is 4.19. The molecular formula is C14H18N2O2. The first kappa shape index (κ1) is 12.7. The molecule has 1 unspecified atom stereocenters. The van der Waals surface area contributed by atoms with E-state index in [0.29, 0.717) is 26.2 Å². The van der Waals surface area contributed by atoms with Gasteiger partial charge in [0.1, 0.15) is 0 Å². The highest BCUT2D eigenvalue weighted by molar-refractivity contribution is 5.44. The maximum absolute atomic E-state index is 8.51. The van der Waals surface area contributed by atoms with Crippen molar-refractivity contribution in [3.05, 3.63) is 23.8 Å². The summed E-state index contributed by atoms with van der Waals surface area (Å²) in [4.78, 5) is 0. The van der Waals surface area contributed by atoms with E-state index in [4.69, 9.17) is 14.7 Å². The predicted octanol–water partition coefficient (Wildman–Crippen LogP) is 2.41. The summed E-state index contributed by atoms with van der Waals surface area (Å²) in [5.74, 6) is 1.64. The minimum absolute atomic E-state index is 0.204. The molecule has 1 N–H and O–H groups in total. The maximum Gasteiger partial charge on any atom is 0.161 e. The fourth-order valence-corrected chi connectivity index (χ4v) is 1.91. The van der Waals surface area contributed by atoms with Gasteiger partial charge >= 0.3 is 0 Å². The van der Waals surface area contributed by atoms with Gasteiger partial charge < -0.3 is 14.8 Å². The second-order valence-electron chi connectivity index (χ2n) is 4.34. The summed E-state index contributed by atoms with van der Waals surface area (Å²) < 4.78 is 11.3. The van der Waals surface area contributed by atoms with Crippen LogP contribution in [0, 0.1) is 11.3 Å². The molecule has 2 rings (SSSR count). The molecule has 4 nitrogen and oxygen atoms in total. The Kier molecular flexibility index (Phi) is 4.43. The van der Waals surface area contributed by atoms with Crippen LogP contribution in [0.4, 0.5) is 0 Å². The van der Waals surface area contributed by atoms with Gasteiger partial charge in [0, 0.05) is 25.4 Å². The van der Waals surface area contributed by atoms with Gasteiger partial charge in [-0.25, -0.2) is 0 Å². The number of rotatable bonds is 4. The molecule has 0 spiro atoms. The molecule has 0 fully saturated rings. The van der Waals surface area contributed by atoms with Crippen molar-refractivity contribution < 1.29 is 9.47 Å². The Morgan fingerprint density at radius 1 is 1.33 bits per heavy atom. The van der Waals surface area contributed by atoms with E-state index in [-0.39, 0.29) is 6.04 Å². The summed E-state index contributed by atoms with van der Waals surface area (Å²) in [6.07, 6.45) is 1.44. The van der Waals surface area contributed by atoms with E-state index in [0.717, 1.165) is 23.5 Å². The monoisotopic (exact) mass is 246 g/mol. The van der Waals surface area contributed by atoms with Crippen molar-refractivity contribution in [1.29, 1.82) is 5.26 Å². The van der Waals surface area contributed by atoms with Crippen molar-refractivity contribution in [2.75, 3.05) is 19.8 Å². The second-order valence-corrected chi connectivity index (χ2v) is 4.34. The summed E-state index contributed by atoms with van der Waals surface area (Å²) in [7, 11) is 0. The minimum atomic E-state index is 0.204. The van der Waals surface area contributed by atoms with Crippen LogP contribution in [0.25, 0.3) is 0 Å². The number of nitrogens with one attached hydrogen (secondary N) is 1. The molecule has 1 aliphatic heterocycles. The van der Waals surface area contributed by atoms with Crippen LogP contribution >= 0.6 is 0 Å². The zero-order valence-electron chi connectivity index (χ0n) is 10.6. The van der Waals surface area contributed by atoms with Crippen LogP contribution < -0.4 is 14.8 Å². The van der Waals surface area contributed by atoms with E-state index in [1.165, 1.54) is 0 Å². The van der Waals surface area contributed by atoms with Crippen molar-refractivity contribution in [2.45, 2.75) is 25.8 Å². The summed E-state index contributed by atoms with van der Waals surface area (Å²) in [6, 6.07) is 8.34. The first-order valence-electron chi connectivity index (χ1n) is 6.31. The lowest BCUT2D eigenvalue weighted by Gasteiger charge is -2.15. The molecule has 0 aromatic heterocycles. The number of hydrogen-bond donors (Lipinski definition) is 1. The Hall–Kier alpha value is -1.73. The highest BCUT2D eigenvalue weighted by Gasteiger charge is 2.13. The number of nitriles is 1. The number of nitrogens with zero attached hydrogens (tertiary/aromatic N) is 1. The van der Waals surface area contributed by atoms with Crippen molar-refractivity contribution >= 4 is 0 Å². The summed E-state index contributed by atoms with van der Waals surface area (Å²) >= 11 is 0. The van der Waals surface area contributed by atoms with E-state index in [1.807, 2.05) is 18.2 Å². The number of benzene rings is 1.